The van der Waals surface area contributed by atoms with Crippen molar-refractivity contribution < 1.29 is 14.6 Å². The third-order valence-electron chi connectivity index (χ3n) is 7.92. The molecule has 1 atom stereocenters. The van der Waals surface area contributed by atoms with Gasteiger partial charge in [-0.2, -0.15) is 15.3 Å². The summed E-state index contributed by atoms with van der Waals surface area (Å²) >= 11 is 0. The average molecular weight is 659 g/mol. The van der Waals surface area contributed by atoms with Crippen LogP contribution in [0.4, 0.5) is 17.1 Å². The van der Waals surface area contributed by atoms with Gasteiger partial charge in [0.25, 0.3) is 0 Å². The lowest BCUT2D eigenvalue weighted by atomic mass is 10.2. The van der Waals surface area contributed by atoms with E-state index < -0.39 is 6.23 Å². The maximum absolute atomic E-state index is 11.0. The van der Waals surface area contributed by atoms with Crippen molar-refractivity contribution in [2.75, 3.05) is 0 Å². The van der Waals surface area contributed by atoms with Crippen molar-refractivity contribution in [2.45, 2.75) is 6.23 Å². The number of fused-ring (bicyclic) bond motifs is 4. The minimum absolute atomic E-state index is 0.0430. The van der Waals surface area contributed by atoms with Gasteiger partial charge in [-0.3, -0.25) is 8.97 Å². The number of aliphatic hydroxyl groups excluding tert-OH is 1. The van der Waals surface area contributed by atoms with E-state index in [1.54, 1.807) is 88.1 Å². The fourth-order valence-electron chi connectivity index (χ4n) is 5.43. The third kappa shape index (κ3) is 5.69. The lowest BCUT2D eigenvalue weighted by molar-refractivity contribution is 0.143. The first-order chi connectivity index (χ1) is 24.6. The molecular formula is C37H26N10O3. The van der Waals surface area contributed by atoms with Crippen molar-refractivity contribution >= 4 is 44.8 Å². The zero-order valence-corrected chi connectivity index (χ0v) is 26.2. The topological polar surface area (TPSA) is 164 Å². The van der Waals surface area contributed by atoms with Gasteiger partial charge in [-0.25, -0.2) is 9.97 Å². The Labute approximate surface area is 283 Å². The van der Waals surface area contributed by atoms with E-state index in [9.17, 15) is 10.2 Å². The van der Waals surface area contributed by atoms with Crippen molar-refractivity contribution in [3.05, 3.63) is 140 Å². The van der Waals surface area contributed by atoms with Crippen molar-refractivity contribution in [3.8, 4) is 28.8 Å². The van der Waals surface area contributed by atoms with Crippen LogP contribution >= 0.6 is 0 Å². The van der Waals surface area contributed by atoms with E-state index in [1.165, 1.54) is 0 Å². The molecule has 1 unspecified atom stereocenters. The van der Waals surface area contributed by atoms with Gasteiger partial charge in [-0.05, 0) is 91.0 Å². The minimum atomic E-state index is -1.11. The van der Waals surface area contributed by atoms with Gasteiger partial charge < -0.3 is 14.6 Å². The highest BCUT2D eigenvalue weighted by atomic mass is 16.4. The predicted octanol–water partition coefficient (Wildman–Crippen LogP) is 9.02. The van der Waals surface area contributed by atoms with Gasteiger partial charge in [0.2, 0.25) is 17.7 Å². The Balaban J connectivity index is 0.948. The first-order valence-electron chi connectivity index (χ1n) is 15.4. The van der Waals surface area contributed by atoms with E-state index in [4.69, 9.17) is 4.42 Å². The van der Waals surface area contributed by atoms with Gasteiger partial charge in [0.1, 0.15) is 17.0 Å². The number of aliphatic hydroxyl groups is 1. The maximum Gasteiger partial charge on any atom is 0.248 e. The Hall–Kier alpha value is -7.12. The van der Waals surface area contributed by atoms with Crippen LogP contribution in [-0.2, 0) is 0 Å². The van der Waals surface area contributed by atoms with Gasteiger partial charge in [-0.15, -0.1) is 15.3 Å². The lowest BCUT2D eigenvalue weighted by Crippen LogP contribution is -2.08. The minimum Gasteiger partial charge on any atom is -0.493 e. The van der Waals surface area contributed by atoms with Crippen molar-refractivity contribution in [1.29, 1.82) is 0 Å². The number of azo groups is 2. The number of nitrogens with zero attached hydrogens (tertiary/aromatic N) is 10. The van der Waals surface area contributed by atoms with E-state index in [1.807, 2.05) is 48.5 Å². The monoisotopic (exact) mass is 658 g/mol. The van der Waals surface area contributed by atoms with Gasteiger partial charge >= 0.3 is 0 Å². The maximum atomic E-state index is 11.0. The molecule has 2 N–H and O–H groups in total. The van der Waals surface area contributed by atoms with E-state index in [2.05, 4.69) is 47.2 Å². The standard InChI is InChI=1S/C37H26N10O3/c1-2-7-29(36(48)46-22-38-27-8-3-5-10-31(27)46)42-40-25-16-12-23(13-17-25)34-44-45-35(50-34)24-14-18-26(19-15-24)41-43-30-20-21-33-39-28-9-4-6-11-32(28)47(33)37(30)49/h2-22,36,48-49H,1H2/b29-7+,42-40?,43-41?. The van der Waals surface area contributed by atoms with Crippen LogP contribution in [0.25, 0.3) is 50.6 Å². The van der Waals surface area contributed by atoms with Crippen LogP contribution < -0.4 is 0 Å². The fraction of sp³-hybridized carbons (Fsp3) is 0.0270. The molecule has 0 aliphatic rings. The zero-order chi connectivity index (χ0) is 34.0. The first kappa shape index (κ1) is 30.2. The summed E-state index contributed by atoms with van der Waals surface area (Å²) in [4.78, 5) is 8.86. The number of imidazole rings is 2. The molecule has 0 aliphatic heterocycles. The highest BCUT2D eigenvalue weighted by Gasteiger charge is 2.16. The van der Waals surface area contributed by atoms with Crippen LogP contribution in [0, 0.1) is 0 Å². The van der Waals surface area contributed by atoms with Crippen LogP contribution in [0.2, 0.25) is 0 Å². The predicted molar refractivity (Wildman–Crippen MR) is 187 cm³/mol. The Morgan fingerprint density at radius 1 is 0.740 bits per heavy atom. The SMILES string of the molecule is C=C/C=C(/N=Nc1ccc(-c2nnc(-c3ccc(N=Nc4ccc5nc6ccccc6n5c4O)cc3)o2)cc1)C(O)n1cnc2ccccc21. The molecule has 4 heterocycles. The molecule has 4 aromatic heterocycles. The second kappa shape index (κ2) is 12.8. The number of benzene rings is 4. The number of hydrogen-bond acceptors (Lipinski definition) is 11. The molecule has 0 bridgehead atoms. The molecule has 0 radical (unpaired) electrons. The third-order valence-corrected chi connectivity index (χ3v) is 7.92. The summed E-state index contributed by atoms with van der Waals surface area (Å²) in [5.41, 5.74) is 6.85. The van der Waals surface area contributed by atoms with E-state index in [-0.39, 0.29) is 5.88 Å². The number of pyridine rings is 1. The van der Waals surface area contributed by atoms with Crippen molar-refractivity contribution in [3.63, 3.8) is 0 Å². The smallest absolute Gasteiger partial charge is 0.248 e. The van der Waals surface area contributed by atoms with Crippen LogP contribution in [-0.4, -0.2) is 39.3 Å². The average Bonchev–Trinajstić information content (AvgIpc) is 3.91. The molecule has 4 aromatic carbocycles. The Kier molecular flexibility index (Phi) is 7.75. The molecule has 0 amide bonds. The summed E-state index contributed by atoms with van der Waals surface area (Å²) in [7, 11) is 0. The number of hydrogen-bond donors (Lipinski definition) is 2. The highest BCUT2D eigenvalue weighted by molar-refractivity contribution is 5.82. The fourth-order valence-corrected chi connectivity index (χ4v) is 5.43. The van der Waals surface area contributed by atoms with Gasteiger partial charge in [-0.1, -0.05) is 36.9 Å². The Morgan fingerprint density at radius 2 is 1.38 bits per heavy atom. The van der Waals surface area contributed by atoms with Gasteiger partial charge in [0.15, 0.2) is 6.23 Å². The van der Waals surface area contributed by atoms with E-state index in [0.717, 1.165) is 22.1 Å². The Bertz CT molecular complexity index is 2600. The highest BCUT2D eigenvalue weighted by Crippen LogP contribution is 2.33. The summed E-state index contributed by atoms with van der Waals surface area (Å²) in [6.07, 6.45) is 3.60. The van der Waals surface area contributed by atoms with Gasteiger partial charge in [0, 0.05) is 11.1 Å². The van der Waals surface area contributed by atoms with E-state index >= 15 is 0 Å². The van der Waals surface area contributed by atoms with Gasteiger partial charge in [0.05, 0.1) is 39.8 Å². The molecule has 13 nitrogen and oxygen atoms in total. The zero-order valence-electron chi connectivity index (χ0n) is 26.2. The molecule has 50 heavy (non-hydrogen) atoms. The lowest BCUT2D eigenvalue weighted by Gasteiger charge is -2.13. The van der Waals surface area contributed by atoms with Crippen LogP contribution in [0.1, 0.15) is 6.23 Å². The summed E-state index contributed by atoms with van der Waals surface area (Å²) in [6, 6.07) is 32.8. The number of allylic oxidation sites excluding steroid dienone is 2. The van der Waals surface area contributed by atoms with Crippen molar-refractivity contribution in [1.82, 2.24) is 29.1 Å². The molecule has 0 fully saturated rings. The normalized spacial score (nSPS) is 12.9. The molecule has 0 saturated heterocycles. The summed E-state index contributed by atoms with van der Waals surface area (Å²) in [5, 5.41) is 47.5. The second-order valence-electron chi connectivity index (χ2n) is 11.1. The summed E-state index contributed by atoms with van der Waals surface area (Å²) in [6.45, 7) is 3.73. The first-order valence-corrected chi connectivity index (χ1v) is 15.4. The number of aromatic hydroxyl groups is 1. The molecule has 8 rings (SSSR count). The van der Waals surface area contributed by atoms with Crippen LogP contribution in [0.5, 0.6) is 5.88 Å². The molecule has 8 aromatic rings. The Morgan fingerprint density at radius 3 is 2.08 bits per heavy atom. The van der Waals surface area contributed by atoms with Crippen LogP contribution in [0.15, 0.2) is 165 Å². The number of para-hydroxylation sites is 4. The number of rotatable bonds is 9. The second-order valence-corrected chi connectivity index (χ2v) is 11.1. The molecule has 0 saturated carbocycles. The summed E-state index contributed by atoms with van der Waals surface area (Å²) in [5.74, 6) is 0.626. The molecule has 242 valence electrons. The quantitative estimate of drug-likeness (QED) is 0.115. The van der Waals surface area contributed by atoms with Crippen molar-refractivity contribution in [2.24, 2.45) is 20.5 Å². The largest absolute Gasteiger partial charge is 0.493 e. The molecular weight excluding hydrogens is 632 g/mol. The van der Waals surface area contributed by atoms with E-state index in [0.29, 0.717) is 51.3 Å². The molecule has 0 aliphatic carbocycles. The molecule has 13 heteroatoms. The summed E-state index contributed by atoms with van der Waals surface area (Å²) < 4.78 is 9.22. The molecule has 0 spiro atoms. The number of aromatic nitrogens is 6. The van der Waals surface area contributed by atoms with Crippen LogP contribution in [0.3, 0.4) is 0 Å².